The maximum absolute atomic E-state index is 12.8. The van der Waals surface area contributed by atoms with Crippen molar-refractivity contribution in [2.45, 2.75) is 57.4 Å². The highest BCUT2D eigenvalue weighted by atomic mass is 16.2. The number of aromatic nitrogens is 4. The number of nitrogens with zero attached hydrogens (tertiary/aromatic N) is 4. The predicted octanol–water partition coefficient (Wildman–Crippen LogP) is 2.41. The van der Waals surface area contributed by atoms with Gasteiger partial charge in [-0.1, -0.05) is 25.7 Å². The largest absolute Gasteiger partial charge is 0.354 e. The van der Waals surface area contributed by atoms with Crippen LogP contribution in [0.3, 0.4) is 0 Å². The van der Waals surface area contributed by atoms with Crippen molar-refractivity contribution < 1.29 is 4.79 Å². The Morgan fingerprint density at radius 3 is 2.76 bits per heavy atom. The molecule has 1 aliphatic heterocycles. The van der Waals surface area contributed by atoms with Crippen molar-refractivity contribution >= 4 is 22.9 Å². The van der Waals surface area contributed by atoms with E-state index in [1.807, 2.05) is 0 Å². The molecule has 1 amide bonds. The topological polar surface area (TPSA) is 86.8 Å². The van der Waals surface area contributed by atoms with Gasteiger partial charge in [-0.25, -0.2) is 15.0 Å². The Balaban J connectivity index is 1.43. The fraction of sp³-hybridized carbons (Fsp3) is 0.667. The molecule has 134 valence electrons. The third-order valence-corrected chi connectivity index (χ3v) is 5.50. The van der Waals surface area contributed by atoms with Gasteiger partial charge in [0.05, 0.1) is 12.2 Å². The molecule has 0 radical (unpaired) electrons. The number of carbonyl (C=O) groups is 1. The first-order valence-electron chi connectivity index (χ1n) is 9.50. The first-order valence-corrected chi connectivity index (χ1v) is 9.50. The minimum absolute atomic E-state index is 0.0324. The van der Waals surface area contributed by atoms with Crippen LogP contribution in [0.15, 0.2) is 12.7 Å². The van der Waals surface area contributed by atoms with Crippen LogP contribution in [0.1, 0.15) is 51.4 Å². The molecule has 1 saturated heterocycles. The van der Waals surface area contributed by atoms with Crippen molar-refractivity contribution in [2.24, 2.45) is 5.92 Å². The summed E-state index contributed by atoms with van der Waals surface area (Å²) in [6.07, 6.45) is 12.5. The number of H-pyrrole nitrogens is 1. The average molecular weight is 342 g/mol. The first-order chi connectivity index (χ1) is 12.3. The van der Waals surface area contributed by atoms with Gasteiger partial charge in [0.2, 0.25) is 5.91 Å². The highest BCUT2D eigenvalue weighted by Gasteiger charge is 2.29. The molecular weight excluding hydrogens is 316 g/mol. The summed E-state index contributed by atoms with van der Waals surface area (Å²) in [5.41, 5.74) is 1.53. The number of imidazole rings is 1. The Bertz CT molecular complexity index is 721. The number of fused-ring (bicyclic) bond motifs is 1. The molecule has 2 aromatic rings. The number of carbonyl (C=O) groups excluding carboxylic acids is 1. The third kappa shape index (κ3) is 3.60. The number of nitrogens with one attached hydrogen (secondary N) is 2. The summed E-state index contributed by atoms with van der Waals surface area (Å²) in [5.74, 6) is 1.10. The summed E-state index contributed by atoms with van der Waals surface area (Å²) in [5, 5.41) is 3.31. The van der Waals surface area contributed by atoms with Gasteiger partial charge in [0.15, 0.2) is 11.5 Å². The lowest BCUT2D eigenvalue weighted by molar-refractivity contribution is -0.126. The molecule has 0 unspecified atom stereocenters. The SMILES string of the molecule is O=C(NC1CCCCCC1)[C@H]1CCCN(c2ncnc3nc[nH]c23)C1. The molecule has 2 N–H and O–H groups in total. The maximum atomic E-state index is 12.8. The van der Waals surface area contributed by atoms with Gasteiger partial charge in [-0.3, -0.25) is 4.79 Å². The Labute approximate surface area is 147 Å². The van der Waals surface area contributed by atoms with Crippen LogP contribution in [0.4, 0.5) is 5.82 Å². The van der Waals surface area contributed by atoms with Gasteiger partial charge in [-0.2, -0.15) is 0 Å². The Morgan fingerprint density at radius 2 is 1.92 bits per heavy atom. The van der Waals surface area contributed by atoms with Crippen LogP contribution in [0.2, 0.25) is 0 Å². The fourth-order valence-corrected chi connectivity index (χ4v) is 4.12. The van der Waals surface area contributed by atoms with Crippen LogP contribution >= 0.6 is 0 Å². The summed E-state index contributed by atoms with van der Waals surface area (Å²) in [7, 11) is 0. The number of hydrogen-bond acceptors (Lipinski definition) is 5. The second-order valence-electron chi connectivity index (χ2n) is 7.28. The molecule has 25 heavy (non-hydrogen) atoms. The second kappa shape index (κ2) is 7.37. The lowest BCUT2D eigenvalue weighted by Crippen LogP contribution is -2.46. The molecule has 7 heteroatoms. The molecule has 3 heterocycles. The number of rotatable bonds is 3. The number of hydrogen-bond donors (Lipinski definition) is 2. The second-order valence-corrected chi connectivity index (χ2v) is 7.28. The lowest BCUT2D eigenvalue weighted by atomic mass is 9.96. The van der Waals surface area contributed by atoms with E-state index in [0.29, 0.717) is 18.2 Å². The van der Waals surface area contributed by atoms with E-state index in [0.717, 1.165) is 43.6 Å². The molecule has 2 aliphatic rings. The molecule has 2 fully saturated rings. The highest BCUT2D eigenvalue weighted by molar-refractivity contribution is 5.84. The van der Waals surface area contributed by atoms with Crippen LogP contribution in [0, 0.1) is 5.92 Å². The van der Waals surface area contributed by atoms with Crippen molar-refractivity contribution in [3.63, 3.8) is 0 Å². The zero-order chi connectivity index (χ0) is 17.1. The monoisotopic (exact) mass is 342 g/mol. The van der Waals surface area contributed by atoms with Crippen molar-refractivity contribution in [1.82, 2.24) is 25.3 Å². The quantitative estimate of drug-likeness (QED) is 0.837. The smallest absolute Gasteiger partial charge is 0.225 e. The van der Waals surface area contributed by atoms with E-state index in [1.54, 1.807) is 12.7 Å². The number of anilines is 1. The third-order valence-electron chi connectivity index (χ3n) is 5.50. The fourth-order valence-electron chi connectivity index (χ4n) is 4.12. The van der Waals surface area contributed by atoms with E-state index in [2.05, 4.69) is 30.2 Å². The van der Waals surface area contributed by atoms with Crippen molar-refractivity contribution in [3.8, 4) is 0 Å². The zero-order valence-electron chi connectivity index (χ0n) is 14.6. The molecule has 2 aromatic heterocycles. The van der Waals surface area contributed by atoms with Crippen LogP contribution in [-0.4, -0.2) is 45.0 Å². The molecule has 0 spiro atoms. The van der Waals surface area contributed by atoms with Crippen LogP contribution < -0.4 is 10.2 Å². The predicted molar refractivity (Wildman–Crippen MR) is 96.3 cm³/mol. The highest BCUT2D eigenvalue weighted by Crippen LogP contribution is 2.26. The standard InChI is InChI=1S/C18H26N6O/c25-18(23-14-7-3-1-2-4-8-14)13-6-5-9-24(10-13)17-15-16(20-11-19-15)21-12-22-17/h11-14H,1-10H2,(H,23,25)(H,19,20,21,22)/t13-/m0/s1. The van der Waals surface area contributed by atoms with E-state index in [4.69, 9.17) is 0 Å². The normalized spacial score (nSPS) is 22.7. The maximum Gasteiger partial charge on any atom is 0.225 e. The Morgan fingerprint density at radius 1 is 1.08 bits per heavy atom. The van der Waals surface area contributed by atoms with Gasteiger partial charge in [-0.15, -0.1) is 0 Å². The van der Waals surface area contributed by atoms with E-state index < -0.39 is 0 Å². The Hall–Kier alpha value is -2.18. The first kappa shape index (κ1) is 16.3. The summed E-state index contributed by atoms with van der Waals surface area (Å²) in [6.45, 7) is 1.63. The van der Waals surface area contributed by atoms with Gasteiger partial charge >= 0.3 is 0 Å². The minimum atomic E-state index is 0.0324. The number of piperidine rings is 1. The van der Waals surface area contributed by atoms with Gasteiger partial charge in [0.25, 0.3) is 0 Å². The van der Waals surface area contributed by atoms with Crippen LogP contribution in [0.5, 0.6) is 0 Å². The lowest BCUT2D eigenvalue weighted by Gasteiger charge is -2.33. The van der Waals surface area contributed by atoms with Crippen molar-refractivity contribution in [2.75, 3.05) is 18.0 Å². The molecule has 1 atom stereocenters. The van der Waals surface area contributed by atoms with Crippen LogP contribution in [-0.2, 0) is 4.79 Å². The number of amides is 1. The molecule has 1 aliphatic carbocycles. The molecule has 1 saturated carbocycles. The van der Waals surface area contributed by atoms with Gasteiger partial charge in [0, 0.05) is 19.1 Å². The molecule has 0 aromatic carbocycles. The van der Waals surface area contributed by atoms with Gasteiger partial charge < -0.3 is 15.2 Å². The molecular formula is C18H26N6O. The summed E-state index contributed by atoms with van der Waals surface area (Å²) >= 11 is 0. The summed E-state index contributed by atoms with van der Waals surface area (Å²) < 4.78 is 0. The van der Waals surface area contributed by atoms with Crippen molar-refractivity contribution in [3.05, 3.63) is 12.7 Å². The zero-order valence-corrected chi connectivity index (χ0v) is 14.6. The van der Waals surface area contributed by atoms with E-state index in [-0.39, 0.29) is 11.8 Å². The molecule has 7 nitrogen and oxygen atoms in total. The minimum Gasteiger partial charge on any atom is -0.354 e. The average Bonchev–Trinajstić information content (AvgIpc) is 2.99. The molecule has 0 bridgehead atoms. The van der Waals surface area contributed by atoms with E-state index >= 15 is 0 Å². The number of aromatic amines is 1. The van der Waals surface area contributed by atoms with E-state index in [1.165, 1.54) is 25.7 Å². The van der Waals surface area contributed by atoms with E-state index in [9.17, 15) is 4.79 Å². The summed E-state index contributed by atoms with van der Waals surface area (Å²) in [4.78, 5) is 30.9. The molecule has 4 rings (SSSR count). The van der Waals surface area contributed by atoms with Gasteiger partial charge in [-0.05, 0) is 25.7 Å². The van der Waals surface area contributed by atoms with Crippen LogP contribution in [0.25, 0.3) is 11.2 Å². The summed E-state index contributed by atoms with van der Waals surface area (Å²) in [6, 6.07) is 0.365. The van der Waals surface area contributed by atoms with Gasteiger partial charge in [0.1, 0.15) is 11.8 Å². The Kier molecular flexibility index (Phi) is 4.81. The van der Waals surface area contributed by atoms with Crippen molar-refractivity contribution in [1.29, 1.82) is 0 Å².